The zero-order valence-corrected chi connectivity index (χ0v) is 6.65. The van der Waals surface area contributed by atoms with Crippen LogP contribution < -0.4 is 0 Å². The summed E-state index contributed by atoms with van der Waals surface area (Å²) in [7, 11) is 0. The Labute approximate surface area is 69.3 Å². The molecule has 0 atom stereocenters. The molecule has 0 fully saturated rings. The predicted molar refractivity (Wildman–Crippen MR) is 45.7 cm³/mol. The quantitative estimate of drug-likeness (QED) is 0.579. The minimum atomic E-state index is 0.458. The van der Waals surface area contributed by atoms with Gasteiger partial charge in [0.2, 0.25) is 0 Å². The van der Waals surface area contributed by atoms with Gasteiger partial charge in [-0.05, 0) is 18.9 Å². The second-order valence-electron chi connectivity index (χ2n) is 1.73. The van der Waals surface area contributed by atoms with Gasteiger partial charge in [-0.1, -0.05) is 29.3 Å². The molecular formula is C7H5Cl2N. The summed E-state index contributed by atoms with van der Waals surface area (Å²) in [6, 6.07) is 5.23. The Morgan fingerprint density at radius 1 is 1.30 bits per heavy atom. The number of nitrogens with zero attached hydrogens (tertiary/aromatic N) is 1. The molecule has 0 radical (unpaired) electrons. The first-order valence-corrected chi connectivity index (χ1v) is 3.42. The molecule has 0 spiro atoms. The SMILES string of the molecule is C=Nc1cccc(Cl)c1Cl. The van der Waals surface area contributed by atoms with E-state index in [0.29, 0.717) is 15.7 Å². The summed E-state index contributed by atoms with van der Waals surface area (Å²) in [4.78, 5) is 3.66. The lowest BCUT2D eigenvalue weighted by molar-refractivity contribution is 1.55. The van der Waals surface area contributed by atoms with E-state index in [1.165, 1.54) is 0 Å². The van der Waals surface area contributed by atoms with E-state index in [1.807, 2.05) is 0 Å². The van der Waals surface area contributed by atoms with Crippen molar-refractivity contribution in [2.24, 2.45) is 4.99 Å². The van der Waals surface area contributed by atoms with E-state index in [4.69, 9.17) is 23.2 Å². The summed E-state index contributed by atoms with van der Waals surface area (Å²) < 4.78 is 0. The van der Waals surface area contributed by atoms with Gasteiger partial charge >= 0.3 is 0 Å². The van der Waals surface area contributed by atoms with Crippen LogP contribution >= 0.6 is 23.2 Å². The summed E-state index contributed by atoms with van der Waals surface area (Å²) in [5.41, 5.74) is 0.620. The largest absolute Gasteiger partial charge is 0.263 e. The van der Waals surface area contributed by atoms with Gasteiger partial charge in [0, 0.05) is 0 Å². The molecule has 1 aromatic carbocycles. The number of rotatable bonds is 1. The molecule has 1 rings (SSSR count). The maximum absolute atomic E-state index is 5.73. The third-order valence-electron chi connectivity index (χ3n) is 1.10. The van der Waals surface area contributed by atoms with Crippen molar-refractivity contribution >= 4 is 35.6 Å². The molecule has 0 bridgehead atoms. The fourth-order valence-electron chi connectivity index (χ4n) is 0.615. The Bertz CT molecular complexity index is 258. The highest BCUT2D eigenvalue weighted by atomic mass is 35.5. The van der Waals surface area contributed by atoms with Gasteiger partial charge in [-0.25, -0.2) is 0 Å². The third-order valence-corrected chi connectivity index (χ3v) is 1.91. The Morgan fingerprint density at radius 3 is 2.50 bits per heavy atom. The standard InChI is InChI=1S/C7H5Cl2N/c1-10-6-4-2-3-5(8)7(6)9/h2-4H,1H2. The molecule has 0 unspecified atom stereocenters. The Morgan fingerprint density at radius 2 is 2.00 bits per heavy atom. The van der Waals surface area contributed by atoms with Crippen LogP contribution in [0.3, 0.4) is 0 Å². The summed E-state index contributed by atoms with van der Waals surface area (Å²) in [5.74, 6) is 0. The van der Waals surface area contributed by atoms with Crippen LogP contribution in [0.5, 0.6) is 0 Å². The normalized spacial score (nSPS) is 9.40. The average Bonchev–Trinajstić information content (AvgIpc) is 1.95. The number of benzene rings is 1. The van der Waals surface area contributed by atoms with Gasteiger partial charge in [0.25, 0.3) is 0 Å². The van der Waals surface area contributed by atoms with E-state index in [-0.39, 0.29) is 0 Å². The monoisotopic (exact) mass is 173 g/mol. The molecule has 10 heavy (non-hydrogen) atoms. The van der Waals surface area contributed by atoms with Crippen molar-refractivity contribution < 1.29 is 0 Å². The minimum absolute atomic E-state index is 0.458. The summed E-state index contributed by atoms with van der Waals surface area (Å²) in [6.07, 6.45) is 0. The van der Waals surface area contributed by atoms with Crippen LogP contribution in [0.25, 0.3) is 0 Å². The fourth-order valence-corrected chi connectivity index (χ4v) is 0.970. The van der Waals surface area contributed by atoms with Crippen LogP contribution in [-0.4, -0.2) is 6.72 Å². The van der Waals surface area contributed by atoms with E-state index < -0.39 is 0 Å². The van der Waals surface area contributed by atoms with Crippen LogP contribution in [0.15, 0.2) is 23.2 Å². The van der Waals surface area contributed by atoms with Crippen molar-refractivity contribution in [3.8, 4) is 0 Å². The first-order valence-electron chi connectivity index (χ1n) is 2.66. The van der Waals surface area contributed by atoms with Gasteiger partial charge in [-0.2, -0.15) is 0 Å². The third kappa shape index (κ3) is 1.31. The Kier molecular flexibility index (Phi) is 2.30. The molecule has 0 aromatic heterocycles. The number of hydrogen-bond acceptors (Lipinski definition) is 1. The van der Waals surface area contributed by atoms with Crippen LogP contribution in [0, 0.1) is 0 Å². The van der Waals surface area contributed by atoms with Crippen molar-refractivity contribution in [2.45, 2.75) is 0 Å². The van der Waals surface area contributed by atoms with Crippen molar-refractivity contribution in [3.63, 3.8) is 0 Å². The van der Waals surface area contributed by atoms with Gasteiger partial charge < -0.3 is 0 Å². The Hall–Kier alpha value is -0.530. The molecule has 0 heterocycles. The molecule has 0 amide bonds. The highest BCUT2D eigenvalue weighted by Crippen LogP contribution is 2.30. The predicted octanol–water partition coefficient (Wildman–Crippen LogP) is 3.33. The first kappa shape index (κ1) is 7.58. The fraction of sp³-hybridized carbons (Fsp3) is 0. The molecule has 0 aliphatic heterocycles. The molecule has 1 nitrogen and oxygen atoms in total. The molecule has 0 saturated carbocycles. The highest BCUT2D eigenvalue weighted by molar-refractivity contribution is 6.43. The average molecular weight is 174 g/mol. The van der Waals surface area contributed by atoms with Crippen molar-refractivity contribution in [1.82, 2.24) is 0 Å². The van der Waals surface area contributed by atoms with Crippen molar-refractivity contribution in [3.05, 3.63) is 28.2 Å². The molecule has 52 valence electrons. The summed E-state index contributed by atoms with van der Waals surface area (Å²) in [6.45, 7) is 3.34. The Balaban J connectivity index is 3.27. The van der Waals surface area contributed by atoms with E-state index in [9.17, 15) is 0 Å². The topological polar surface area (TPSA) is 12.4 Å². The van der Waals surface area contributed by atoms with E-state index in [2.05, 4.69) is 11.7 Å². The number of halogens is 2. The lowest BCUT2D eigenvalue weighted by Crippen LogP contribution is -1.68. The van der Waals surface area contributed by atoms with Crippen molar-refractivity contribution in [2.75, 3.05) is 0 Å². The summed E-state index contributed by atoms with van der Waals surface area (Å²) in [5, 5.41) is 0.964. The maximum Gasteiger partial charge on any atom is 0.0848 e. The molecule has 0 N–H and O–H groups in total. The smallest absolute Gasteiger partial charge is 0.0848 e. The number of aliphatic imine (C=N–C) groups is 1. The van der Waals surface area contributed by atoms with E-state index in [1.54, 1.807) is 18.2 Å². The lowest BCUT2D eigenvalue weighted by atomic mass is 10.3. The van der Waals surface area contributed by atoms with E-state index >= 15 is 0 Å². The highest BCUT2D eigenvalue weighted by Gasteiger charge is 1.99. The summed E-state index contributed by atoms with van der Waals surface area (Å²) >= 11 is 11.4. The molecule has 0 saturated heterocycles. The molecule has 0 aliphatic carbocycles. The zero-order valence-electron chi connectivity index (χ0n) is 5.14. The lowest BCUT2D eigenvalue weighted by Gasteiger charge is -1.96. The maximum atomic E-state index is 5.73. The van der Waals surface area contributed by atoms with Gasteiger partial charge in [0.05, 0.1) is 15.7 Å². The number of hydrogen-bond donors (Lipinski definition) is 0. The molecule has 1 aromatic rings. The van der Waals surface area contributed by atoms with Gasteiger partial charge in [-0.15, -0.1) is 0 Å². The molecule has 3 heteroatoms. The van der Waals surface area contributed by atoms with Gasteiger partial charge in [-0.3, -0.25) is 4.99 Å². The van der Waals surface area contributed by atoms with Crippen LogP contribution in [0.1, 0.15) is 0 Å². The second-order valence-corrected chi connectivity index (χ2v) is 2.52. The van der Waals surface area contributed by atoms with Gasteiger partial charge in [0.1, 0.15) is 0 Å². The molecular weight excluding hydrogens is 169 g/mol. The van der Waals surface area contributed by atoms with Crippen LogP contribution in [-0.2, 0) is 0 Å². The minimum Gasteiger partial charge on any atom is -0.263 e. The van der Waals surface area contributed by atoms with Gasteiger partial charge in [0.15, 0.2) is 0 Å². The van der Waals surface area contributed by atoms with Crippen LogP contribution in [0.4, 0.5) is 5.69 Å². The van der Waals surface area contributed by atoms with Crippen molar-refractivity contribution in [1.29, 1.82) is 0 Å². The van der Waals surface area contributed by atoms with Crippen LogP contribution in [0.2, 0.25) is 10.0 Å². The first-order chi connectivity index (χ1) is 4.75. The second kappa shape index (κ2) is 3.04. The molecule has 0 aliphatic rings. The zero-order chi connectivity index (χ0) is 7.56. The van der Waals surface area contributed by atoms with E-state index in [0.717, 1.165) is 0 Å².